The molecule has 36 heavy (non-hydrogen) atoms. The van der Waals surface area contributed by atoms with Gasteiger partial charge < -0.3 is 28.4 Å². The lowest BCUT2D eigenvalue weighted by atomic mass is 9.97. The standard InChI is InChI=1S/C25H40O11/c1-6-11-18(27)31-15-16-22(34-19(28)12-7-2)23(35-20(29)13-8-3)24(33-17(26)10-5)25(32-16)36-21(30)14-9-4/h16,22-25H,6-15H2,1-5H3/t16-,22-,23+,24-,25?/m1/s1. The zero-order valence-corrected chi connectivity index (χ0v) is 21.9. The predicted molar refractivity (Wildman–Crippen MR) is 125 cm³/mol. The topological polar surface area (TPSA) is 141 Å². The summed E-state index contributed by atoms with van der Waals surface area (Å²) in [6.07, 6.45) is -4.30. The largest absolute Gasteiger partial charge is 0.463 e. The zero-order chi connectivity index (χ0) is 27.1. The Balaban J connectivity index is 3.43. The number of rotatable bonds is 15. The van der Waals surface area contributed by atoms with Gasteiger partial charge in [-0.25, -0.2) is 0 Å². The SMILES string of the molecule is CCCC(=O)OC[C@H]1OC(OC(=O)CCC)[C@H](OC(=O)CC)[C@@H](OC(=O)CCC)[C@@H]1OC(=O)CCC. The molecule has 1 rings (SSSR count). The number of hydrogen-bond acceptors (Lipinski definition) is 11. The van der Waals surface area contributed by atoms with Gasteiger partial charge in [-0.15, -0.1) is 0 Å². The smallest absolute Gasteiger partial charge is 0.308 e. The van der Waals surface area contributed by atoms with Crippen LogP contribution in [0, 0.1) is 0 Å². The van der Waals surface area contributed by atoms with Crippen molar-refractivity contribution in [1.29, 1.82) is 0 Å². The van der Waals surface area contributed by atoms with Crippen LogP contribution in [-0.4, -0.2) is 67.2 Å². The van der Waals surface area contributed by atoms with Gasteiger partial charge in [-0.05, 0) is 25.7 Å². The highest BCUT2D eigenvalue weighted by atomic mass is 16.7. The van der Waals surface area contributed by atoms with Crippen LogP contribution in [0.1, 0.15) is 92.4 Å². The molecule has 0 aromatic heterocycles. The molecule has 0 bridgehead atoms. The van der Waals surface area contributed by atoms with Gasteiger partial charge in [0.15, 0.2) is 12.2 Å². The van der Waals surface area contributed by atoms with Crippen LogP contribution in [0.3, 0.4) is 0 Å². The Hall–Kier alpha value is -2.69. The molecule has 0 spiro atoms. The van der Waals surface area contributed by atoms with E-state index in [1.54, 1.807) is 27.7 Å². The molecule has 1 heterocycles. The molecule has 1 saturated heterocycles. The summed E-state index contributed by atoms with van der Waals surface area (Å²) in [5, 5.41) is 0. The van der Waals surface area contributed by atoms with Gasteiger partial charge in [0.2, 0.25) is 12.4 Å². The van der Waals surface area contributed by atoms with Crippen molar-refractivity contribution in [3.63, 3.8) is 0 Å². The molecule has 1 aliphatic rings. The average Bonchev–Trinajstić information content (AvgIpc) is 2.82. The molecule has 0 N–H and O–H groups in total. The maximum Gasteiger partial charge on any atom is 0.308 e. The van der Waals surface area contributed by atoms with Crippen LogP contribution in [0.25, 0.3) is 0 Å². The monoisotopic (exact) mass is 516 g/mol. The van der Waals surface area contributed by atoms with E-state index in [1.165, 1.54) is 0 Å². The highest BCUT2D eigenvalue weighted by Gasteiger charge is 2.54. The first-order valence-corrected chi connectivity index (χ1v) is 12.8. The van der Waals surface area contributed by atoms with E-state index in [0.717, 1.165) is 0 Å². The first kappa shape index (κ1) is 31.3. The van der Waals surface area contributed by atoms with Crippen LogP contribution in [0.5, 0.6) is 0 Å². The fraction of sp³-hybridized carbons (Fsp3) is 0.800. The fourth-order valence-electron chi connectivity index (χ4n) is 3.42. The lowest BCUT2D eigenvalue weighted by molar-refractivity contribution is -0.301. The summed E-state index contributed by atoms with van der Waals surface area (Å²) in [6.45, 7) is 8.37. The minimum Gasteiger partial charge on any atom is -0.463 e. The van der Waals surface area contributed by atoms with Gasteiger partial charge in [-0.2, -0.15) is 0 Å². The lowest BCUT2D eigenvalue weighted by Crippen LogP contribution is -2.63. The zero-order valence-electron chi connectivity index (χ0n) is 21.9. The second-order valence-corrected chi connectivity index (χ2v) is 8.43. The molecule has 0 amide bonds. The van der Waals surface area contributed by atoms with E-state index in [9.17, 15) is 24.0 Å². The molecule has 1 unspecified atom stereocenters. The van der Waals surface area contributed by atoms with E-state index in [4.69, 9.17) is 28.4 Å². The Kier molecular flexibility index (Phi) is 14.7. The Morgan fingerprint density at radius 2 is 1.00 bits per heavy atom. The van der Waals surface area contributed by atoms with Gasteiger partial charge in [0, 0.05) is 32.1 Å². The molecule has 0 aromatic rings. The van der Waals surface area contributed by atoms with Crippen molar-refractivity contribution in [3.8, 4) is 0 Å². The molecule has 1 aliphatic heterocycles. The highest BCUT2D eigenvalue weighted by Crippen LogP contribution is 2.31. The van der Waals surface area contributed by atoms with Gasteiger partial charge in [0.1, 0.15) is 12.7 Å². The van der Waals surface area contributed by atoms with Crippen LogP contribution in [0.15, 0.2) is 0 Å². The third-order valence-corrected chi connectivity index (χ3v) is 5.16. The number of ether oxygens (including phenoxy) is 6. The molecular formula is C25H40O11. The van der Waals surface area contributed by atoms with Crippen molar-refractivity contribution in [1.82, 2.24) is 0 Å². The molecular weight excluding hydrogens is 476 g/mol. The van der Waals surface area contributed by atoms with Crippen molar-refractivity contribution in [2.24, 2.45) is 0 Å². The van der Waals surface area contributed by atoms with E-state index < -0.39 is 60.6 Å². The Bertz CT molecular complexity index is 736. The summed E-state index contributed by atoms with van der Waals surface area (Å²) in [5.41, 5.74) is 0. The van der Waals surface area contributed by atoms with Crippen LogP contribution in [0.4, 0.5) is 0 Å². The first-order valence-electron chi connectivity index (χ1n) is 12.8. The minimum atomic E-state index is -1.48. The van der Waals surface area contributed by atoms with Gasteiger partial charge in [0.25, 0.3) is 0 Å². The lowest BCUT2D eigenvalue weighted by Gasteiger charge is -2.44. The molecule has 11 heteroatoms. The third-order valence-electron chi connectivity index (χ3n) is 5.16. The predicted octanol–water partition coefficient (Wildman–Crippen LogP) is 3.14. The summed E-state index contributed by atoms with van der Waals surface area (Å²) >= 11 is 0. The fourth-order valence-corrected chi connectivity index (χ4v) is 3.42. The number of carbonyl (C=O) groups is 5. The number of carbonyl (C=O) groups excluding carboxylic acids is 5. The molecule has 0 aromatic carbocycles. The molecule has 11 nitrogen and oxygen atoms in total. The van der Waals surface area contributed by atoms with E-state index in [0.29, 0.717) is 25.7 Å². The van der Waals surface area contributed by atoms with E-state index in [-0.39, 0.29) is 38.7 Å². The van der Waals surface area contributed by atoms with Crippen LogP contribution in [0.2, 0.25) is 0 Å². The maximum atomic E-state index is 12.5. The molecule has 1 fully saturated rings. The summed E-state index contributed by atoms with van der Waals surface area (Å²) in [5.74, 6) is -3.02. The van der Waals surface area contributed by atoms with E-state index in [2.05, 4.69) is 0 Å². The summed E-state index contributed by atoms with van der Waals surface area (Å²) < 4.78 is 33.3. The summed E-state index contributed by atoms with van der Waals surface area (Å²) in [4.78, 5) is 61.6. The molecule has 0 radical (unpaired) electrons. The Labute approximate surface area is 212 Å². The van der Waals surface area contributed by atoms with Crippen molar-refractivity contribution >= 4 is 29.8 Å². The minimum absolute atomic E-state index is 0.0138. The van der Waals surface area contributed by atoms with E-state index >= 15 is 0 Å². The van der Waals surface area contributed by atoms with Crippen molar-refractivity contribution in [3.05, 3.63) is 0 Å². The normalized spacial score (nSPS) is 23.3. The van der Waals surface area contributed by atoms with Gasteiger partial charge in [-0.1, -0.05) is 34.6 Å². The average molecular weight is 517 g/mol. The highest BCUT2D eigenvalue weighted by molar-refractivity contribution is 5.72. The Morgan fingerprint density at radius 3 is 1.50 bits per heavy atom. The van der Waals surface area contributed by atoms with Crippen molar-refractivity contribution < 1.29 is 52.4 Å². The molecule has 206 valence electrons. The van der Waals surface area contributed by atoms with E-state index in [1.807, 2.05) is 6.92 Å². The van der Waals surface area contributed by atoms with Crippen LogP contribution >= 0.6 is 0 Å². The molecule has 0 aliphatic carbocycles. The van der Waals surface area contributed by atoms with Crippen LogP contribution < -0.4 is 0 Å². The van der Waals surface area contributed by atoms with Crippen molar-refractivity contribution in [2.45, 2.75) is 123 Å². The van der Waals surface area contributed by atoms with Gasteiger partial charge >= 0.3 is 29.8 Å². The second-order valence-electron chi connectivity index (χ2n) is 8.43. The number of esters is 5. The quantitative estimate of drug-likeness (QED) is 0.234. The second kappa shape index (κ2) is 16.9. The first-order chi connectivity index (χ1) is 17.2. The summed E-state index contributed by atoms with van der Waals surface area (Å²) in [7, 11) is 0. The van der Waals surface area contributed by atoms with Gasteiger partial charge in [0.05, 0.1) is 0 Å². The summed E-state index contributed by atoms with van der Waals surface area (Å²) in [6, 6.07) is 0. The molecule has 5 atom stereocenters. The molecule has 0 saturated carbocycles. The maximum absolute atomic E-state index is 12.5. The third kappa shape index (κ3) is 10.5. The Morgan fingerprint density at radius 1 is 0.556 bits per heavy atom. The van der Waals surface area contributed by atoms with Crippen molar-refractivity contribution in [2.75, 3.05) is 6.61 Å². The van der Waals surface area contributed by atoms with Gasteiger partial charge in [-0.3, -0.25) is 24.0 Å². The van der Waals surface area contributed by atoms with Crippen LogP contribution in [-0.2, 0) is 52.4 Å². The number of hydrogen-bond donors (Lipinski definition) is 0.